The van der Waals surface area contributed by atoms with Crippen molar-refractivity contribution in [3.63, 3.8) is 0 Å². The zero-order valence-corrected chi connectivity index (χ0v) is 11.6. The third-order valence-electron chi connectivity index (χ3n) is 1.85. The van der Waals surface area contributed by atoms with E-state index >= 15 is 0 Å². The molecule has 0 saturated heterocycles. The maximum absolute atomic E-state index is 8.82. The van der Waals surface area contributed by atoms with Gasteiger partial charge in [0.2, 0.25) is 0 Å². The van der Waals surface area contributed by atoms with Gasteiger partial charge in [-0.15, -0.1) is 0 Å². The zero-order chi connectivity index (χ0) is 10.1. The van der Waals surface area contributed by atoms with Crippen LogP contribution in [0.4, 0.5) is 0 Å². The summed E-state index contributed by atoms with van der Waals surface area (Å²) in [7, 11) is 0. The highest BCUT2D eigenvalue weighted by Crippen LogP contribution is 2.32. The summed E-state index contributed by atoms with van der Waals surface area (Å²) in [6, 6.07) is 5.80. The molecule has 0 spiro atoms. The molecule has 2 rings (SSSR count). The van der Waals surface area contributed by atoms with Gasteiger partial charge in [-0.1, -0.05) is 0 Å². The minimum atomic E-state index is 0.548. The normalized spacial score (nSPS) is 11.2. The molecule has 6 heteroatoms. The molecule has 1 unspecified atom stereocenters. The Labute approximate surface area is 104 Å². The molecular formula is C8H4BrIN3P. The average Bonchev–Trinajstić information content (AvgIpc) is 2.61. The van der Waals surface area contributed by atoms with Crippen molar-refractivity contribution in [3.8, 4) is 6.07 Å². The fraction of sp³-hybridized carbons (Fsp3) is 0. The Hall–Kier alpha value is -0.180. The molecule has 0 aliphatic carbocycles. The van der Waals surface area contributed by atoms with Crippen molar-refractivity contribution in [2.24, 2.45) is 0 Å². The first-order chi connectivity index (χ1) is 6.76. The van der Waals surface area contributed by atoms with E-state index in [0.717, 1.165) is 15.4 Å². The molecule has 14 heavy (non-hydrogen) atoms. The van der Waals surface area contributed by atoms with Crippen LogP contribution in [0.1, 0.15) is 5.56 Å². The van der Waals surface area contributed by atoms with Crippen molar-refractivity contribution < 1.29 is 0 Å². The summed E-state index contributed by atoms with van der Waals surface area (Å²) in [4.78, 5) is 0. The number of fused-ring (bicyclic) bond motifs is 1. The fourth-order valence-corrected chi connectivity index (χ4v) is 3.30. The molecule has 70 valence electrons. The smallest absolute Gasteiger partial charge is 0.0992 e. The molecule has 1 aromatic heterocycles. The van der Waals surface area contributed by atoms with Crippen LogP contribution in [-0.4, -0.2) is 9.55 Å². The summed E-state index contributed by atoms with van der Waals surface area (Å²) < 4.78 is 2.81. The predicted octanol–water partition coefficient (Wildman–Crippen LogP) is 3.46. The Bertz CT molecular complexity index is 531. The minimum Gasteiger partial charge on any atom is -0.237 e. The van der Waals surface area contributed by atoms with Gasteiger partial charge >= 0.3 is 0 Å². The molecule has 0 N–H and O–H groups in total. The topological polar surface area (TPSA) is 41.6 Å². The Morgan fingerprint density at radius 1 is 1.57 bits per heavy atom. The highest BCUT2D eigenvalue weighted by molar-refractivity contribution is 14.2. The maximum Gasteiger partial charge on any atom is 0.0992 e. The number of hydrogen-bond donors (Lipinski definition) is 0. The van der Waals surface area contributed by atoms with Gasteiger partial charge in [0.15, 0.2) is 0 Å². The molecule has 2 aromatic rings. The van der Waals surface area contributed by atoms with Gasteiger partial charge in [0.1, 0.15) is 0 Å². The molecule has 0 bridgehead atoms. The lowest BCUT2D eigenvalue weighted by Crippen LogP contribution is -1.83. The van der Waals surface area contributed by atoms with E-state index in [0.29, 0.717) is 11.9 Å². The van der Waals surface area contributed by atoms with E-state index in [1.54, 1.807) is 0 Å². The highest BCUT2D eigenvalue weighted by atomic mass is 127. The van der Waals surface area contributed by atoms with Crippen LogP contribution in [0.25, 0.3) is 10.9 Å². The molecule has 0 fully saturated rings. The summed E-state index contributed by atoms with van der Waals surface area (Å²) in [6.45, 7) is 0. The third kappa shape index (κ3) is 1.67. The van der Waals surface area contributed by atoms with E-state index in [1.807, 2.05) is 22.8 Å². The van der Waals surface area contributed by atoms with Crippen LogP contribution in [0, 0.1) is 11.3 Å². The van der Waals surface area contributed by atoms with Crippen molar-refractivity contribution in [2.75, 3.05) is 0 Å². The van der Waals surface area contributed by atoms with Gasteiger partial charge in [-0.2, -0.15) is 10.4 Å². The van der Waals surface area contributed by atoms with Crippen LogP contribution in [0.2, 0.25) is 0 Å². The molecule has 1 aromatic carbocycles. The lowest BCUT2D eigenvalue weighted by Gasteiger charge is -1.98. The van der Waals surface area contributed by atoms with E-state index in [-0.39, 0.29) is 0 Å². The van der Waals surface area contributed by atoms with E-state index in [9.17, 15) is 0 Å². The molecule has 0 aliphatic rings. The highest BCUT2D eigenvalue weighted by Gasteiger charge is 2.06. The summed E-state index contributed by atoms with van der Waals surface area (Å²) in [6.07, 6.45) is 2.36. The first-order valence-electron chi connectivity index (χ1n) is 3.70. The molecule has 0 aliphatic heterocycles. The summed E-state index contributed by atoms with van der Waals surface area (Å²) in [5, 5.41) is 14.1. The van der Waals surface area contributed by atoms with Crippen molar-refractivity contribution in [3.05, 3.63) is 28.4 Å². The van der Waals surface area contributed by atoms with Crippen molar-refractivity contribution >= 4 is 55.2 Å². The van der Waals surface area contributed by atoms with Crippen LogP contribution < -0.4 is 0 Å². The van der Waals surface area contributed by atoms with Gasteiger partial charge in [-0.05, 0) is 50.1 Å². The summed E-state index contributed by atoms with van der Waals surface area (Å²) in [5.41, 5.74) is 1.66. The average molecular weight is 380 g/mol. The Kier molecular flexibility index (Phi) is 3.05. The maximum atomic E-state index is 8.82. The number of rotatable bonds is 1. The van der Waals surface area contributed by atoms with Gasteiger partial charge in [0.25, 0.3) is 0 Å². The van der Waals surface area contributed by atoms with E-state index in [2.05, 4.69) is 49.1 Å². The molecular weight excluding hydrogens is 376 g/mol. The summed E-state index contributed by atoms with van der Waals surface area (Å²) >= 11 is 5.69. The monoisotopic (exact) mass is 379 g/mol. The van der Waals surface area contributed by atoms with Gasteiger partial charge in [-0.25, -0.2) is 4.45 Å². The largest absolute Gasteiger partial charge is 0.237 e. The van der Waals surface area contributed by atoms with Crippen LogP contribution in [-0.2, 0) is 0 Å². The Morgan fingerprint density at radius 3 is 3.00 bits per heavy atom. The third-order valence-corrected chi connectivity index (χ3v) is 4.39. The van der Waals surface area contributed by atoms with Crippen LogP contribution in [0.5, 0.6) is 0 Å². The van der Waals surface area contributed by atoms with Gasteiger partial charge in [0.05, 0.1) is 29.7 Å². The van der Waals surface area contributed by atoms with Gasteiger partial charge < -0.3 is 0 Å². The first-order valence-corrected chi connectivity index (χ1v) is 8.55. The number of halogens is 2. The Morgan fingerprint density at radius 2 is 2.36 bits per heavy atom. The summed E-state index contributed by atoms with van der Waals surface area (Å²) in [5.74, 6) is 0. The van der Waals surface area contributed by atoms with Crippen LogP contribution in [0.15, 0.2) is 22.8 Å². The van der Waals surface area contributed by atoms with Gasteiger partial charge in [0, 0.05) is 9.86 Å². The second-order valence-corrected chi connectivity index (χ2v) is 5.54. The van der Waals surface area contributed by atoms with Crippen LogP contribution >= 0.6 is 44.3 Å². The molecule has 0 amide bonds. The molecule has 1 atom stereocenters. The number of benzene rings is 1. The molecule has 3 nitrogen and oxygen atoms in total. The van der Waals surface area contributed by atoms with Crippen molar-refractivity contribution in [1.82, 2.24) is 9.55 Å². The minimum absolute atomic E-state index is 0.548. The number of nitrogens with zero attached hydrogens (tertiary/aromatic N) is 3. The Balaban J connectivity index is 2.82. The lowest BCUT2D eigenvalue weighted by molar-refractivity contribution is 1.04. The van der Waals surface area contributed by atoms with Crippen LogP contribution in [0.3, 0.4) is 0 Å². The zero-order valence-electron chi connectivity index (χ0n) is 6.83. The van der Waals surface area contributed by atoms with Gasteiger partial charge in [-0.3, -0.25) is 0 Å². The molecule has 0 saturated carbocycles. The standard InChI is InChI=1S/C8H4BrIN3P/c9-7-1-5(3-11)2-8-6(7)4-12-13(8)14-10/h1-2,4,14H. The molecule has 1 heterocycles. The fourth-order valence-electron chi connectivity index (χ4n) is 1.22. The van der Waals surface area contributed by atoms with Crippen molar-refractivity contribution in [1.29, 1.82) is 5.26 Å². The van der Waals surface area contributed by atoms with Crippen molar-refractivity contribution in [2.45, 2.75) is 0 Å². The number of nitriles is 1. The van der Waals surface area contributed by atoms with E-state index < -0.39 is 0 Å². The second-order valence-electron chi connectivity index (χ2n) is 2.64. The van der Waals surface area contributed by atoms with E-state index in [1.165, 1.54) is 0 Å². The quantitative estimate of drug-likeness (QED) is 0.562. The molecule has 0 radical (unpaired) electrons. The lowest BCUT2D eigenvalue weighted by atomic mass is 10.2. The SMILES string of the molecule is N#Cc1cc(Br)c2cnn(PI)c2c1. The van der Waals surface area contributed by atoms with E-state index in [4.69, 9.17) is 5.26 Å². The number of aromatic nitrogens is 2. The predicted molar refractivity (Wildman–Crippen MR) is 69.9 cm³/mol. The number of hydrogen-bond acceptors (Lipinski definition) is 2. The first kappa shape index (κ1) is 10.3. The second kappa shape index (κ2) is 4.13.